The first-order valence-corrected chi connectivity index (χ1v) is 5.23. The third-order valence-corrected chi connectivity index (χ3v) is 2.86. The van der Waals surface area contributed by atoms with Gasteiger partial charge in [-0.3, -0.25) is 0 Å². The minimum absolute atomic E-state index is 0.0479. The number of rotatable bonds is 2. The van der Waals surface area contributed by atoms with Gasteiger partial charge in [0.15, 0.2) is 0 Å². The second-order valence-corrected chi connectivity index (χ2v) is 3.86. The number of benzene rings is 1. The Morgan fingerprint density at radius 3 is 2.40 bits per heavy atom. The van der Waals surface area contributed by atoms with Crippen molar-refractivity contribution >= 4 is 27.5 Å². The summed E-state index contributed by atoms with van der Waals surface area (Å²) >= 11 is 8.68. The van der Waals surface area contributed by atoms with E-state index in [-0.39, 0.29) is 11.6 Å². The molecule has 0 N–H and O–H groups in total. The van der Waals surface area contributed by atoms with Gasteiger partial charge in [0.05, 0.1) is 18.6 Å². The van der Waals surface area contributed by atoms with Crippen molar-refractivity contribution in [1.29, 1.82) is 0 Å². The zero-order chi connectivity index (χ0) is 11.6. The maximum Gasteiger partial charge on any atom is 0.419 e. The molecule has 15 heavy (non-hydrogen) atoms. The maximum atomic E-state index is 12.5. The Kier molecular flexibility index (Phi) is 3.89. The van der Waals surface area contributed by atoms with Gasteiger partial charge in [0.2, 0.25) is 0 Å². The van der Waals surface area contributed by atoms with Crippen LogP contribution in [0.2, 0.25) is 0 Å². The Balaban J connectivity index is 3.42. The lowest BCUT2D eigenvalue weighted by Gasteiger charge is -2.15. The van der Waals surface area contributed by atoms with E-state index in [1.54, 1.807) is 0 Å². The van der Waals surface area contributed by atoms with Gasteiger partial charge < -0.3 is 4.74 Å². The fourth-order valence-corrected chi connectivity index (χ4v) is 2.06. The van der Waals surface area contributed by atoms with Crippen molar-refractivity contribution < 1.29 is 17.9 Å². The van der Waals surface area contributed by atoms with Crippen molar-refractivity contribution in [1.82, 2.24) is 0 Å². The molecule has 0 aliphatic rings. The molecule has 1 nitrogen and oxygen atoms in total. The smallest absolute Gasteiger partial charge is 0.419 e. The van der Waals surface area contributed by atoms with Crippen molar-refractivity contribution in [2.45, 2.75) is 12.1 Å². The van der Waals surface area contributed by atoms with Crippen LogP contribution in [0, 0.1) is 0 Å². The lowest BCUT2D eigenvalue weighted by atomic mass is 10.1. The monoisotopic (exact) mass is 302 g/mol. The molecule has 84 valence electrons. The Morgan fingerprint density at radius 1 is 1.40 bits per heavy atom. The van der Waals surface area contributed by atoms with E-state index in [1.807, 2.05) is 0 Å². The molecule has 1 aromatic rings. The Morgan fingerprint density at radius 2 is 2.00 bits per heavy atom. The van der Waals surface area contributed by atoms with Gasteiger partial charge >= 0.3 is 6.18 Å². The first kappa shape index (κ1) is 12.6. The SMILES string of the molecule is COc1c(C(F)(F)F)ccc(Br)c1CCl. The summed E-state index contributed by atoms with van der Waals surface area (Å²) in [6.07, 6.45) is -4.44. The number of alkyl halides is 4. The van der Waals surface area contributed by atoms with Crippen LogP contribution in [0.3, 0.4) is 0 Å². The van der Waals surface area contributed by atoms with Gasteiger partial charge in [-0.05, 0) is 12.1 Å². The summed E-state index contributed by atoms with van der Waals surface area (Å²) in [5.74, 6) is -0.278. The van der Waals surface area contributed by atoms with Gasteiger partial charge in [0.1, 0.15) is 5.75 Å². The normalized spacial score (nSPS) is 11.6. The van der Waals surface area contributed by atoms with E-state index < -0.39 is 11.7 Å². The quantitative estimate of drug-likeness (QED) is 0.744. The highest BCUT2D eigenvalue weighted by atomic mass is 79.9. The van der Waals surface area contributed by atoms with Crippen molar-refractivity contribution in [3.05, 3.63) is 27.7 Å². The highest BCUT2D eigenvalue weighted by Gasteiger charge is 2.35. The molecule has 0 fully saturated rings. The average molecular weight is 304 g/mol. The number of ether oxygens (including phenoxy) is 1. The predicted molar refractivity (Wildman–Crippen MR) is 55.3 cm³/mol. The zero-order valence-corrected chi connectivity index (χ0v) is 10.0. The molecule has 0 unspecified atom stereocenters. The van der Waals surface area contributed by atoms with Crippen LogP contribution in [0.5, 0.6) is 5.75 Å². The van der Waals surface area contributed by atoms with E-state index in [9.17, 15) is 13.2 Å². The van der Waals surface area contributed by atoms with E-state index in [2.05, 4.69) is 15.9 Å². The molecule has 6 heteroatoms. The van der Waals surface area contributed by atoms with Gasteiger partial charge in [0.25, 0.3) is 0 Å². The molecule has 0 spiro atoms. The first-order chi connectivity index (χ1) is 6.91. The summed E-state index contributed by atoms with van der Waals surface area (Å²) in [5, 5.41) is 0. The first-order valence-electron chi connectivity index (χ1n) is 3.90. The summed E-state index contributed by atoms with van der Waals surface area (Å²) in [7, 11) is 1.19. The molecule has 0 aromatic heterocycles. The number of hydrogen-bond acceptors (Lipinski definition) is 1. The van der Waals surface area contributed by atoms with Crippen LogP contribution in [0.1, 0.15) is 11.1 Å². The molecule has 0 amide bonds. The summed E-state index contributed by atoms with van der Waals surface area (Å²) in [6, 6.07) is 2.27. The third-order valence-electron chi connectivity index (χ3n) is 1.85. The Bertz CT molecular complexity index is 365. The van der Waals surface area contributed by atoms with Crippen LogP contribution in [0.25, 0.3) is 0 Å². The van der Waals surface area contributed by atoms with Crippen molar-refractivity contribution in [3.63, 3.8) is 0 Å². The predicted octanol–water partition coefficient (Wildman–Crippen LogP) is 4.22. The van der Waals surface area contributed by atoms with Crippen molar-refractivity contribution in [2.24, 2.45) is 0 Å². The van der Waals surface area contributed by atoms with Crippen molar-refractivity contribution in [3.8, 4) is 5.75 Å². The fraction of sp³-hybridized carbons (Fsp3) is 0.333. The van der Waals surface area contributed by atoms with Crippen LogP contribution in [0.4, 0.5) is 13.2 Å². The summed E-state index contributed by atoms with van der Waals surface area (Å²) in [6.45, 7) is 0. The van der Waals surface area contributed by atoms with E-state index >= 15 is 0 Å². The number of halogens is 5. The molecule has 0 radical (unpaired) electrons. The minimum atomic E-state index is -4.44. The van der Waals surface area contributed by atoms with Gasteiger partial charge in [-0.2, -0.15) is 13.2 Å². The standard InChI is InChI=1S/C9H7BrClF3O/c1-15-8-5(4-11)7(10)3-2-6(8)9(12,13)14/h2-3H,4H2,1H3. The molecule has 0 aliphatic heterocycles. The van der Waals surface area contributed by atoms with Gasteiger partial charge in [0, 0.05) is 10.0 Å². The molecule has 0 aliphatic carbocycles. The van der Waals surface area contributed by atoms with Crippen LogP contribution < -0.4 is 4.74 Å². The van der Waals surface area contributed by atoms with Crippen molar-refractivity contribution in [2.75, 3.05) is 7.11 Å². The lowest BCUT2D eigenvalue weighted by molar-refractivity contribution is -0.138. The molecule has 0 bridgehead atoms. The molecular weight excluding hydrogens is 296 g/mol. The lowest BCUT2D eigenvalue weighted by Crippen LogP contribution is -2.09. The molecular formula is C9H7BrClF3O. The topological polar surface area (TPSA) is 9.23 Å². The molecule has 1 aromatic carbocycles. The van der Waals surface area contributed by atoms with E-state index in [0.717, 1.165) is 6.07 Å². The second-order valence-electron chi connectivity index (χ2n) is 2.74. The van der Waals surface area contributed by atoms with Crippen LogP contribution in [-0.2, 0) is 12.1 Å². The average Bonchev–Trinajstić information content (AvgIpc) is 2.15. The molecule has 0 saturated heterocycles. The fourth-order valence-electron chi connectivity index (χ4n) is 1.18. The van der Waals surface area contributed by atoms with Gasteiger partial charge in [-0.25, -0.2) is 0 Å². The largest absolute Gasteiger partial charge is 0.496 e. The highest BCUT2D eigenvalue weighted by Crippen LogP contribution is 2.41. The van der Waals surface area contributed by atoms with Crippen LogP contribution in [-0.4, -0.2) is 7.11 Å². The molecule has 1 rings (SSSR count). The van der Waals surface area contributed by atoms with Gasteiger partial charge in [-0.15, -0.1) is 11.6 Å². The van der Waals surface area contributed by atoms with E-state index in [4.69, 9.17) is 16.3 Å². The van der Waals surface area contributed by atoms with Crippen LogP contribution in [0.15, 0.2) is 16.6 Å². The maximum absolute atomic E-state index is 12.5. The number of hydrogen-bond donors (Lipinski definition) is 0. The summed E-state index contributed by atoms with van der Waals surface area (Å²) in [5.41, 5.74) is -0.516. The molecule has 0 heterocycles. The second kappa shape index (κ2) is 4.61. The third kappa shape index (κ3) is 2.58. The summed E-state index contributed by atoms with van der Waals surface area (Å²) in [4.78, 5) is 0. The van der Waals surface area contributed by atoms with E-state index in [0.29, 0.717) is 10.0 Å². The highest BCUT2D eigenvalue weighted by molar-refractivity contribution is 9.10. The Hall–Kier alpha value is -0.420. The summed E-state index contributed by atoms with van der Waals surface area (Å²) < 4.78 is 42.9. The van der Waals surface area contributed by atoms with Crippen LogP contribution >= 0.6 is 27.5 Å². The molecule has 0 atom stereocenters. The zero-order valence-electron chi connectivity index (χ0n) is 7.66. The van der Waals surface area contributed by atoms with Gasteiger partial charge in [-0.1, -0.05) is 15.9 Å². The molecule has 0 saturated carbocycles. The van der Waals surface area contributed by atoms with E-state index in [1.165, 1.54) is 13.2 Å². The number of methoxy groups -OCH3 is 1. The minimum Gasteiger partial charge on any atom is -0.496 e. The Labute approximate surface area is 98.3 Å².